The first-order valence-corrected chi connectivity index (χ1v) is 7.34. The normalized spacial score (nSPS) is 26.2. The smallest absolute Gasteiger partial charge is 0.239 e. The number of carbonyl (C=O) groups excluding carboxylic acids is 1. The highest BCUT2D eigenvalue weighted by atomic mass is 16.5. The van der Waals surface area contributed by atoms with Crippen LogP contribution in [0.15, 0.2) is 0 Å². The number of carbonyl (C=O) groups is 1. The summed E-state index contributed by atoms with van der Waals surface area (Å²) in [6.45, 7) is 7.48. The number of hydrogen-bond donors (Lipinski definition) is 1. The Morgan fingerprint density at radius 1 is 1.37 bits per heavy atom. The van der Waals surface area contributed by atoms with Crippen LogP contribution in [0.3, 0.4) is 0 Å². The first-order valence-electron chi connectivity index (χ1n) is 7.34. The van der Waals surface area contributed by atoms with Gasteiger partial charge in [0.25, 0.3) is 0 Å². The topological polar surface area (TPSA) is 64.8 Å². The van der Waals surface area contributed by atoms with Crippen LogP contribution in [0.25, 0.3) is 0 Å². The highest BCUT2D eigenvalue weighted by molar-refractivity contribution is 5.82. The summed E-state index contributed by atoms with van der Waals surface area (Å²) in [6, 6.07) is -0.389. The molecule has 5 nitrogen and oxygen atoms in total. The van der Waals surface area contributed by atoms with Crippen molar-refractivity contribution >= 4 is 5.91 Å². The number of ether oxygens (including phenoxy) is 2. The van der Waals surface area contributed by atoms with Crippen molar-refractivity contribution in [1.29, 1.82) is 0 Å². The van der Waals surface area contributed by atoms with Crippen molar-refractivity contribution in [3.63, 3.8) is 0 Å². The zero-order valence-electron chi connectivity index (χ0n) is 12.1. The number of hydrogen-bond acceptors (Lipinski definition) is 4. The molecule has 2 saturated heterocycles. The van der Waals surface area contributed by atoms with Crippen molar-refractivity contribution in [2.45, 2.75) is 44.8 Å². The van der Waals surface area contributed by atoms with Gasteiger partial charge in [-0.2, -0.15) is 0 Å². The van der Waals surface area contributed by atoms with Gasteiger partial charge < -0.3 is 20.1 Å². The van der Waals surface area contributed by atoms with Crippen LogP contribution in [-0.2, 0) is 14.3 Å². The molecule has 110 valence electrons. The minimum absolute atomic E-state index is 0.0727. The predicted molar refractivity (Wildman–Crippen MR) is 72.7 cm³/mol. The molecule has 2 atom stereocenters. The molecule has 0 aromatic rings. The Balaban J connectivity index is 1.98. The van der Waals surface area contributed by atoms with Crippen LogP contribution in [0.2, 0.25) is 0 Å². The highest BCUT2D eigenvalue weighted by Crippen LogP contribution is 2.29. The third kappa shape index (κ3) is 3.27. The van der Waals surface area contributed by atoms with E-state index in [0.29, 0.717) is 19.7 Å². The van der Waals surface area contributed by atoms with E-state index in [1.807, 2.05) is 11.8 Å². The number of amides is 1. The molecule has 2 rings (SSSR count). The Hall–Kier alpha value is -0.650. The summed E-state index contributed by atoms with van der Waals surface area (Å²) in [4.78, 5) is 14.3. The van der Waals surface area contributed by atoms with E-state index in [9.17, 15) is 4.79 Å². The van der Waals surface area contributed by atoms with E-state index in [-0.39, 0.29) is 23.5 Å². The highest BCUT2D eigenvalue weighted by Gasteiger charge is 2.40. The average molecular weight is 270 g/mol. The van der Waals surface area contributed by atoms with Crippen LogP contribution < -0.4 is 5.73 Å². The fourth-order valence-corrected chi connectivity index (χ4v) is 2.79. The van der Waals surface area contributed by atoms with E-state index in [4.69, 9.17) is 15.2 Å². The number of rotatable bonds is 3. The second kappa shape index (κ2) is 6.20. The summed E-state index contributed by atoms with van der Waals surface area (Å²) in [5.74, 6) is 0.296. The zero-order valence-corrected chi connectivity index (χ0v) is 12.1. The molecule has 2 fully saturated rings. The van der Waals surface area contributed by atoms with Crippen LogP contribution in [0.5, 0.6) is 0 Å². The lowest BCUT2D eigenvalue weighted by atomic mass is 9.91. The van der Waals surface area contributed by atoms with Gasteiger partial charge in [-0.25, -0.2) is 0 Å². The van der Waals surface area contributed by atoms with Crippen molar-refractivity contribution < 1.29 is 14.3 Å². The van der Waals surface area contributed by atoms with E-state index in [2.05, 4.69) is 6.92 Å². The molecular formula is C14H26N2O3. The largest absolute Gasteiger partial charge is 0.381 e. The van der Waals surface area contributed by atoms with Gasteiger partial charge in [0.2, 0.25) is 5.91 Å². The summed E-state index contributed by atoms with van der Waals surface area (Å²) < 4.78 is 11.3. The first-order chi connectivity index (χ1) is 9.08. The van der Waals surface area contributed by atoms with Crippen LogP contribution in [0, 0.1) is 5.92 Å². The van der Waals surface area contributed by atoms with Crippen LogP contribution in [0.1, 0.15) is 33.1 Å². The molecule has 1 spiro atoms. The van der Waals surface area contributed by atoms with Gasteiger partial charge in [-0.15, -0.1) is 0 Å². The van der Waals surface area contributed by atoms with E-state index < -0.39 is 0 Å². The van der Waals surface area contributed by atoms with Gasteiger partial charge in [-0.05, 0) is 5.92 Å². The summed E-state index contributed by atoms with van der Waals surface area (Å²) >= 11 is 0. The lowest BCUT2D eigenvalue weighted by Crippen LogP contribution is -2.59. The van der Waals surface area contributed by atoms with Crippen molar-refractivity contribution in [1.82, 2.24) is 4.90 Å². The Morgan fingerprint density at radius 2 is 2.05 bits per heavy atom. The fourth-order valence-electron chi connectivity index (χ4n) is 2.79. The molecule has 0 aromatic heterocycles. The Kier molecular flexibility index (Phi) is 4.81. The van der Waals surface area contributed by atoms with Gasteiger partial charge in [0, 0.05) is 39.1 Å². The molecule has 0 aliphatic carbocycles. The third-order valence-corrected chi connectivity index (χ3v) is 4.51. The number of nitrogens with two attached hydrogens (primary N) is 1. The Morgan fingerprint density at radius 3 is 2.68 bits per heavy atom. The van der Waals surface area contributed by atoms with Crippen molar-refractivity contribution in [3.8, 4) is 0 Å². The maximum absolute atomic E-state index is 12.4. The second-order valence-corrected chi connectivity index (χ2v) is 5.81. The van der Waals surface area contributed by atoms with Crippen LogP contribution in [-0.4, -0.2) is 55.4 Å². The molecule has 2 N–H and O–H groups in total. The van der Waals surface area contributed by atoms with Gasteiger partial charge in [0.15, 0.2) is 0 Å². The summed E-state index contributed by atoms with van der Waals surface area (Å²) in [5.41, 5.74) is 5.87. The molecule has 19 heavy (non-hydrogen) atoms. The molecule has 0 radical (unpaired) electrons. The zero-order chi connectivity index (χ0) is 13.9. The number of nitrogens with zero attached hydrogens (tertiary/aromatic N) is 1. The fraction of sp³-hybridized carbons (Fsp3) is 0.929. The minimum Gasteiger partial charge on any atom is -0.381 e. The molecule has 2 aliphatic heterocycles. The van der Waals surface area contributed by atoms with Gasteiger partial charge in [-0.3, -0.25) is 4.79 Å². The molecule has 5 heteroatoms. The molecule has 0 unspecified atom stereocenters. The van der Waals surface area contributed by atoms with E-state index >= 15 is 0 Å². The standard InChI is InChI=1S/C14H26N2O3/c1-3-11(2)12(15)13(17)16-6-9-19-14(10-16)4-7-18-8-5-14/h11-12H,3-10,15H2,1-2H3/t11-,12-/m0/s1. The van der Waals surface area contributed by atoms with Crippen LogP contribution >= 0.6 is 0 Å². The Bertz CT molecular complexity index is 310. The molecule has 0 bridgehead atoms. The monoisotopic (exact) mass is 270 g/mol. The van der Waals surface area contributed by atoms with Gasteiger partial charge >= 0.3 is 0 Å². The maximum Gasteiger partial charge on any atom is 0.239 e. The SMILES string of the molecule is CC[C@H](C)[C@H](N)C(=O)N1CCOC2(CCOCC2)C1. The third-order valence-electron chi connectivity index (χ3n) is 4.51. The summed E-state index contributed by atoms with van der Waals surface area (Å²) in [7, 11) is 0. The molecule has 0 saturated carbocycles. The Labute approximate surface area is 115 Å². The molecule has 2 aliphatic rings. The maximum atomic E-state index is 12.4. The van der Waals surface area contributed by atoms with Crippen molar-refractivity contribution in [3.05, 3.63) is 0 Å². The van der Waals surface area contributed by atoms with Gasteiger partial charge in [0.1, 0.15) is 0 Å². The quantitative estimate of drug-likeness (QED) is 0.822. The molecule has 0 aromatic carbocycles. The molecule has 2 heterocycles. The lowest BCUT2D eigenvalue weighted by Gasteiger charge is -2.45. The minimum atomic E-state index is -0.389. The van der Waals surface area contributed by atoms with Crippen LogP contribution in [0.4, 0.5) is 0 Å². The molecule has 1 amide bonds. The van der Waals surface area contributed by atoms with Crippen molar-refractivity contribution in [2.75, 3.05) is 32.9 Å². The lowest BCUT2D eigenvalue weighted by molar-refractivity contribution is -0.169. The number of morpholine rings is 1. The average Bonchev–Trinajstić information content (AvgIpc) is 2.45. The predicted octanol–water partition coefficient (Wildman–Crippen LogP) is 0.768. The van der Waals surface area contributed by atoms with E-state index in [0.717, 1.165) is 32.5 Å². The first kappa shape index (κ1) is 14.8. The summed E-state index contributed by atoms with van der Waals surface area (Å²) in [5, 5.41) is 0. The van der Waals surface area contributed by atoms with Gasteiger partial charge in [-0.1, -0.05) is 20.3 Å². The van der Waals surface area contributed by atoms with E-state index in [1.165, 1.54) is 0 Å². The van der Waals surface area contributed by atoms with E-state index in [1.54, 1.807) is 0 Å². The second-order valence-electron chi connectivity index (χ2n) is 5.81. The van der Waals surface area contributed by atoms with Gasteiger partial charge in [0.05, 0.1) is 18.2 Å². The van der Waals surface area contributed by atoms with Crippen molar-refractivity contribution in [2.24, 2.45) is 11.7 Å². The molecular weight excluding hydrogens is 244 g/mol. The summed E-state index contributed by atoms with van der Waals surface area (Å²) in [6.07, 6.45) is 2.67.